The van der Waals surface area contributed by atoms with E-state index in [1.807, 2.05) is 0 Å². The van der Waals surface area contributed by atoms with Crippen LogP contribution in [0.2, 0.25) is 0 Å². The van der Waals surface area contributed by atoms with E-state index in [0.29, 0.717) is 12.0 Å². The minimum absolute atomic E-state index is 0.595. The van der Waals surface area contributed by atoms with Gasteiger partial charge in [0.15, 0.2) is 5.96 Å². The zero-order valence-corrected chi connectivity index (χ0v) is 11.4. The first kappa shape index (κ1) is 14.3. The molecule has 0 amide bonds. The molecule has 1 heterocycles. The van der Waals surface area contributed by atoms with Gasteiger partial charge in [0.25, 0.3) is 0 Å². The van der Waals surface area contributed by atoms with E-state index in [0.717, 1.165) is 25.9 Å². The molecule has 17 heavy (non-hydrogen) atoms. The highest BCUT2D eigenvalue weighted by atomic mass is 15.2. The molecule has 1 aliphatic heterocycles. The van der Waals surface area contributed by atoms with Crippen molar-refractivity contribution in [2.45, 2.75) is 52.0 Å². The van der Waals surface area contributed by atoms with Gasteiger partial charge in [0.05, 0.1) is 0 Å². The van der Waals surface area contributed by atoms with Gasteiger partial charge in [-0.15, -0.1) is 0 Å². The molecular formula is C13H28N4. The Morgan fingerprint density at radius 1 is 1.35 bits per heavy atom. The first-order chi connectivity index (χ1) is 8.24. The summed E-state index contributed by atoms with van der Waals surface area (Å²) in [5.74, 6) is 0.595. The first-order valence-corrected chi connectivity index (χ1v) is 7.02. The lowest BCUT2D eigenvalue weighted by molar-refractivity contribution is 0.167. The maximum atomic E-state index is 5.75. The number of hydrogen-bond acceptors (Lipinski definition) is 2. The van der Waals surface area contributed by atoms with Crippen LogP contribution in [0.3, 0.4) is 0 Å². The van der Waals surface area contributed by atoms with Gasteiger partial charge in [0.2, 0.25) is 0 Å². The molecule has 0 saturated carbocycles. The summed E-state index contributed by atoms with van der Waals surface area (Å²) in [5.41, 5.74) is 5.75. The Bertz CT molecular complexity index is 221. The minimum atomic E-state index is 0.595. The molecule has 0 bridgehead atoms. The van der Waals surface area contributed by atoms with Gasteiger partial charge in [0.1, 0.15) is 0 Å². The minimum Gasteiger partial charge on any atom is -0.370 e. The maximum Gasteiger partial charge on any atom is 0.188 e. The Labute approximate surface area is 106 Å². The third kappa shape index (κ3) is 5.91. The molecule has 1 unspecified atom stereocenters. The third-order valence-electron chi connectivity index (χ3n) is 3.39. The second-order valence-corrected chi connectivity index (χ2v) is 4.93. The van der Waals surface area contributed by atoms with E-state index >= 15 is 0 Å². The molecule has 1 rings (SSSR count). The summed E-state index contributed by atoms with van der Waals surface area (Å²) in [6.07, 6.45) is 6.31. The number of rotatable bonds is 6. The Morgan fingerprint density at radius 3 is 2.71 bits per heavy atom. The van der Waals surface area contributed by atoms with Crippen molar-refractivity contribution in [2.75, 3.05) is 26.2 Å². The van der Waals surface area contributed by atoms with Crippen LogP contribution in [0.25, 0.3) is 0 Å². The summed E-state index contributed by atoms with van der Waals surface area (Å²) in [6, 6.07) is 0.654. The van der Waals surface area contributed by atoms with Crippen molar-refractivity contribution < 1.29 is 0 Å². The van der Waals surface area contributed by atoms with Gasteiger partial charge in [-0.1, -0.05) is 13.3 Å². The number of hydrogen-bond donors (Lipinski definition) is 2. The summed E-state index contributed by atoms with van der Waals surface area (Å²) >= 11 is 0. The van der Waals surface area contributed by atoms with E-state index in [1.54, 1.807) is 0 Å². The summed E-state index contributed by atoms with van der Waals surface area (Å²) in [7, 11) is 0. The number of nitrogens with two attached hydrogens (primary N) is 1. The number of likely N-dealkylation sites (tertiary alicyclic amines) is 1. The molecule has 1 atom stereocenters. The van der Waals surface area contributed by atoms with Crippen LogP contribution in [0.5, 0.6) is 0 Å². The maximum absolute atomic E-state index is 5.75. The van der Waals surface area contributed by atoms with E-state index < -0.39 is 0 Å². The highest BCUT2D eigenvalue weighted by Crippen LogP contribution is 2.13. The van der Waals surface area contributed by atoms with Crippen LogP contribution in [0, 0.1) is 0 Å². The van der Waals surface area contributed by atoms with Crippen molar-refractivity contribution in [3.63, 3.8) is 0 Å². The molecule has 0 radical (unpaired) electrons. The van der Waals surface area contributed by atoms with Gasteiger partial charge >= 0.3 is 0 Å². The topological polar surface area (TPSA) is 53.6 Å². The molecular weight excluding hydrogens is 212 g/mol. The molecule has 100 valence electrons. The second-order valence-electron chi connectivity index (χ2n) is 4.93. The number of aliphatic imine (C=N–C) groups is 1. The Hall–Kier alpha value is -0.770. The van der Waals surface area contributed by atoms with Gasteiger partial charge in [-0.05, 0) is 45.7 Å². The van der Waals surface area contributed by atoms with E-state index in [-0.39, 0.29) is 0 Å². The highest BCUT2D eigenvalue weighted by molar-refractivity contribution is 5.77. The molecule has 1 saturated heterocycles. The van der Waals surface area contributed by atoms with Crippen molar-refractivity contribution in [1.82, 2.24) is 10.2 Å². The molecule has 0 spiro atoms. The van der Waals surface area contributed by atoms with Gasteiger partial charge in [-0.2, -0.15) is 0 Å². The molecule has 3 N–H and O–H groups in total. The van der Waals surface area contributed by atoms with Crippen molar-refractivity contribution in [1.29, 1.82) is 0 Å². The van der Waals surface area contributed by atoms with Gasteiger partial charge < -0.3 is 16.0 Å². The molecule has 4 heteroatoms. The highest BCUT2D eigenvalue weighted by Gasteiger charge is 2.15. The number of guanidine groups is 1. The zero-order chi connectivity index (χ0) is 12.5. The largest absolute Gasteiger partial charge is 0.370 e. The number of nitrogens with one attached hydrogen (secondary N) is 1. The van der Waals surface area contributed by atoms with Crippen LogP contribution in [0.15, 0.2) is 4.99 Å². The normalized spacial score (nSPS) is 20.2. The lowest BCUT2D eigenvalue weighted by Crippen LogP contribution is -2.40. The number of nitrogens with zero attached hydrogens (tertiary/aromatic N) is 2. The molecule has 4 nitrogen and oxygen atoms in total. The van der Waals surface area contributed by atoms with Crippen LogP contribution in [-0.4, -0.2) is 43.1 Å². The van der Waals surface area contributed by atoms with Crippen molar-refractivity contribution >= 4 is 5.96 Å². The summed E-state index contributed by atoms with van der Waals surface area (Å²) in [4.78, 5) is 6.81. The van der Waals surface area contributed by atoms with Crippen LogP contribution in [0.4, 0.5) is 0 Å². The smallest absolute Gasteiger partial charge is 0.188 e. The fraction of sp³-hybridized carbons (Fsp3) is 0.923. The lowest BCUT2D eigenvalue weighted by Gasteiger charge is -2.32. The predicted molar refractivity (Wildman–Crippen MR) is 74.3 cm³/mol. The average molecular weight is 240 g/mol. The molecule has 0 aromatic rings. The average Bonchev–Trinajstić information content (AvgIpc) is 2.37. The van der Waals surface area contributed by atoms with Gasteiger partial charge in [-0.25, -0.2) is 0 Å². The monoisotopic (exact) mass is 240 g/mol. The Morgan fingerprint density at radius 2 is 2.06 bits per heavy atom. The SMILES string of the molecule is CCCN=C(N)NCCC(C)N1CCCCC1. The molecule has 1 fully saturated rings. The van der Waals surface area contributed by atoms with E-state index in [4.69, 9.17) is 5.73 Å². The van der Waals surface area contributed by atoms with Gasteiger partial charge in [0, 0.05) is 19.1 Å². The lowest BCUT2D eigenvalue weighted by atomic mass is 10.1. The van der Waals surface area contributed by atoms with Crippen LogP contribution >= 0.6 is 0 Å². The molecule has 0 aromatic heterocycles. The van der Waals surface area contributed by atoms with E-state index in [1.165, 1.54) is 32.4 Å². The van der Waals surface area contributed by atoms with Crippen molar-refractivity contribution in [2.24, 2.45) is 10.7 Å². The second kappa shape index (κ2) is 8.34. The van der Waals surface area contributed by atoms with E-state index in [2.05, 4.69) is 29.1 Å². The standard InChI is InChI=1S/C13H28N4/c1-3-8-15-13(14)16-9-7-12(2)17-10-5-4-6-11-17/h12H,3-11H2,1-2H3,(H3,14,15,16). The third-order valence-corrected chi connectivity index (χ3v) is 3.39. The van der Waals surface area contributed by atoms with E-state index in [9.17, 15) is 0 Å². The zero-order valence-electron chi connectivity index (χ0n) is 11.4. The Kier molecular flexibility index (Phi) is 7.01. The van der Waals surface area contributed by atoms with Crippen LogP contribution < -0.4 is 11.1 Å². The predicted octanol–water partition coefficient (Wildman–Crippen LogP) is 1.57. The molecule has 1 aliphatic rings. The quantitative estimate of drug-likeness (QED) is 0.547. The number of piperidine rings is 1. The molecule has 0 aliphatic carbocycles. The fourth-order valence-electron chi connectivity index (χ4n) is 2.24. The first-order valence-electron chi connectivity index (χ1n) is 7.02. The molecule has 0 aromatic carbocycles. The van der Waals surface area contributed by atoms with Crippen molar-refractivity contribution in [3.8, 4) is 0 Å². The van der Waals surface area contributed by atoms with Gasteiger partial charge in [-0.3, -0.25) is 4.99 Å². The fourth-order valence-corrected chi connectivity index (χ4v) is 2.24. The van der Waals surface area contributed by atoms with Crippen molar-refractivity contribution in [3.05, 3.63) is 0 Å². The summed E-state index contributed by atoms with van der Waals surface area (Å²) < 4.78 is 0. The summed E-state index contributed by atoms with van der Waals surface area (Å²) in [5, 5.41) is 3.19. The van der Waals surface area contributed by atoms with Crippen LogP contribution in [-0.2, 0) is 0 Å². The summed E-state index contributed by atoms with van der Waals surface area (Å²) in [6.45, 7) is 8.69. The van der Waals surface area contributed by atoms with Crippen LogP contribution in [0.1, 0.15) is 46.0 Å². The Balaban J connectivity index is 2.12.